The molecule has 0 amide bonds. The predicted molar refractivity (Wildman–Crippen MR) is 73.2 cm³/mol. The van der Waals surface area contributed by atoms with Crippen molar-refractivity contribution >= 4 is 29.2 Å². The van der Waals surface area contributed by atoms with Crippen molar-refractivity contribution in [3.05, 3.63) is 63.5 Å². The fourth-order valence-corrected chi connectivity index (χ4v) is 3.29. The SMILES string of the molecule is C1=CN2Cc3ccccc3C=C2c2ccsc21. The Morgan fingerprint density at radius 2 is 2.06 bits per heavy atom. The van der Waals surface area contributed by atoms with Gasteiger partial charge in [-0.05, 0) is 34.7 Å². The average molecular weight is 237 g/mol. The smallest absolute Gasteiger partial charge is 0.0503 e. The van der Waals surface area contributed by atoms with E-state index in [0.717, 1.165) is 6.54 Å². The zero-order chi connectivity index (χ0) is 11.2. The second-order valence-electron chi connectivity index (χ2n) is 4.37. The van der Waals surface area contributed by atoms with E-state index in [1.807, 2.05) is 11.3 Å². The highest BCUT2D eigenvalue weighted by Crippen LogP contribution is 2.38. The molecular formula is C15H11NS. The van der Waals surface area contributed by atoms with Crippen molar-refractivity contribution in [3.63, 3.8) is 0 Å². The quantitative estimate of drug-likeness (QED) is 0.668. The van der Waals surface area contributed by atoms with Crippen molar-refractivity contribution in [3.8, 4) is 0 Å². The van der Waals surface area contributed by atoms with Gasteiger partial charge in [-0.15, -0.1) is 11.3 Å². The summed E-state index contributed by atoms with van der Waals surface area (Å²) >= 11 is 1.81. The Labute approximate surface area is 104 Å². The lowest BCUT2D eigenvalue weighted by Crippen LogP contribution is -2.21. The largest absolute Gasteiger partial charge is 0.343 e. The minimum absolute atomic E-state index is 0.980. The monoisotopic (exact) mass is 237 g/mol. The minimum Gasteiger partial charge on any atom is -0.343 e. The number of nitrogens with zero attached hydrogens (tertiary/aromatic N) is 1. The first-order valence-corrected chi connectivity index (χ1v) is 6.62. The molecule has 0 spiro atoms. The molecule has 1 aromatic carbocycles. The van der Waals surface area contributed by atoms with Crippen molar-refractivity contribution in [1.82, 2.24) is 4.90 Å². The Bertz CT molecular complexity index is 648. The molecule has 2 heteroatoms. The van der Waals surface area contributed by atoms with Crippen LogP contribution in [0.1, 0.15) is 21.6 Å². The van der Waals surface area contributed by atoms with Gasteiger partial charge in [0.05, 0.1) is 5.70 Å². The van der Waals surface area contributed by atoms with E-state index < -0.39 is 0 Å². The van der Waals surface area contributed by atoms with Gasteiger partial charge in [0.15, 0.2) is 0 Å². The second kappa shape index (κ2) is 3.34. The number of fused-ring (bicyclic) bond motifs is 4. The normalized spacial score (nSPS) is 16.0. The Balaban J connectivity index is 1.95. The molecule has 2 aliphatic heterocycles. The molecule has 2 aliphatic rings. The molecule has 82 valence electrons. The summed E-state index contributed by atoms with van der Waals surface area (Å²) in [6, 6.07) is 10.8. The van der Waals surface area contributed by atoms with Gasteiger partial charge in [-0.3, -0.25) is 0 Å². The van der Waals surface area contributed by atoms with Crippen molar-refractivity contribution in [1.29, 1.82) is 0 Å². The first-order chi connectivity index (χ1) is 8.42. The topological polar surface area (TPSA) is 3.24 Å². The van der Waals surface area contributed by atoms with Crippen molar-refractivity contribution in [2.45, 2.75) is 6.54 Å². The number of hydrogen-bond donors (Lipinski definition) is 0. The van der Waals surface area contributed by atoms with Crippen LogP contribution in [-0.4, -0.2) is 4.90 Å². The van der Waals surface area contributed by atoms with Crippen LogP contribution in [0.4, 0.5) is 0 Å². The Morgan fingerprint density at radius 1 is 1.12 bits per heavy atom. The second-order valence-corrected chi connectivity index (χ2v) is 5.32. The minimum atomic E-state index is 0.980. The van der Waals surface area contributed by atoms with Gasteiger partial charge in [0, 0.05) is 23.2 Å². The molecule has 0 saturated heterocycles. The van der Waals surface area contributed by atoms with E-state index in [-0.39, 0.29) is 0 Å². The van der Waals surface area contributed by atoms with Gasteiger partial charge in [0.2, 0.25) is 0 Å². The molecule has 2 aromatic rings. The van der Waals surface area contributed by atoms with Crippen molar-refractivity contribution in [2.75, 3.05) is 0 Å². The lowest BCUT2D eigenvalue weighted by atomic mass is 9.97. The van der Waals surface area contributed by atoms with Crippen molar-refractivity contribution < 1.29 is 0 Å². The van der Waals surface area contributed by atoms with Gasteiger partial charge in [0.25, 0.3) is 0 Å². The number of rotatable bonds is 0. The molecule has 0 atom stereocenters. The van der Waals surface area contributed by atoms with Gasteiger partial charge >= 0.3 is 0 Å². The summed E-state index contributed by atoms with van der Waals surface area (Å²) in [6.07, 6.45) is 6.71. The molecule has 0 fully saturated rings. The van der Waals surface area contributed by atoms with E-state index in [1.54, 1.807) is 0 Å². The average Bonchev–Trinajstić information content (AvgIpc) is 2.85. The van der Waals surface area contributed by atoms with Gasteiger partial charge in [0.1, 0.15) is 0 Å². The van der Waals surface area contributed by atoms with Crippen LogP contribution in [0.5, 0.6) is 0 Å². The molecule has 4 rings (SSSR count). The third-order valence-corrected chi connectivity index (χ3v) is 4.26. The number of hydrogen-bond acceptors (Lipinski definition) is 2. The van der Waals surface area contributed by atoms with Gasteiger partial charge in [-0.2, -0.15) is 0 Å². The number of thiophene rings is 1. The van der Waals surface area contributed by atoms with Crippen molar-refractivity contribution in [2.24, 2.45) is 0 Å². The Hall–Kier alpha value is -1.80. The van der Waals surface area contributed by atoms with E-state index in [0.29, 0.717) is 0 Å². The maximum absolute atomic E-state index is 2.33. The van der Waals surface area contributed by atoms with Crippen LogP contribution in [0.25, 0.3) is 17.8 Å². The van der Waals surface area contributed by atoms with E-state index in [1.165, 1.54) is 27.3 Å². The summed E-state index contributed by atoms with van der Waals surface area (Å²) in [7, 11) is 0. The summed E-state index contributed by atoms with van der Waals surface area (Å²) in [6.45, 7) is 0.980. The van der Waals surface area contributed by atoms with E-state index in [9.17, 15) is 0 Å². The summed E-state index contributed by atoms with van der Waals surface area (Å²) in [5, 5.41) is 2.17. The summed E-state index contributed by atoms with van der Waals surface area (Å²) < 4.78 is 0. The van der Waals surface area contributed by atoms with E-state index >= 15 is 0 Å². The van der Waals surface area contributed by atoms with Crippen LogP contribution in [-0.2, 0) is 6.54 Å². The van der Waals surface area contributed by atoms with Crippen LogP contribution in [0, 0.1) is 0 Å². The predicted octanol–water partition coefficient (Wildman–Crippen LogP) is 4.05. The highest BCUT2D eigenvalue weighted by atomic mass is 32.1. The van der Waals surface area contributed by atoms with Crippen LogP contribution >= 0.6 is 11.3 Å². The molecule has 0 radical (unpaired) electrons. The first-order valence-electron chi connectivity index (χ1n) is 5.74. The molecule has 0 aliphatic carbocycles. The van der Waals surface area contributed by atoms with Crippen LogP contribution in [0.3, 0.4) is 0 Å². The Morgan fingerprint density at radius 3 is 3.06 bits per heavy atom. The molecule has 3 heterocycles. The third-order valence-electron chi connectivity index (χ3n) is 3.37. The summed E-state index contributed by atoms with van der Waals surface area (Å²) in [4.78, 5) is 3.70. The maximum Gasteiger partial charge on any atom is 0.0503 e. The Kier molecular flexibility index (Phi) is 1.82. The molecule has 0 saturated carbocycles. The number of benzene rings is 1. The molecular weight excluding hydrogens is 226 g/mol. The maximum atomic E-state index is 2.33. The zero-order valence-electron chi connectivity index (χ0n) is 9.26. The molecule has 1 nitrogen and oxygen atoms in total. The van der Waals surface area contributed by atoms with Crippen LogP contribution < -0.4 is 0 Å². The summed E-state index contributed by atoms with van der Waals surface area (Å²) in [5.41, 5.74) is 5.46. The highest BCUT2D eigenvalue weighted by molar-refractivity contribution is 7.11. The van der Waals surface area contributed by atoms with Crippen LogP contribution in [0.15, 0.2) is 41.9 Å². The van der Waals surface area contributed by atoms with Gasteiger partial charge in [-0.1, -0.05) is 24.3 Å². The molecule has 0 N–H and O–H groups in total. The van der Waals surface area contributed by atoms with E-state index in [4.69, 9.17) is 0 Å². The lowest BCUT2D eigenvalue weighted by molar-refractivity contribution is 0.522. The molecule has 17 heavy (non-hydrogen) atoms. The fraction of sp³-hybridized carbons (Fsp3) is 0.0667. The van der Waals surface area contributed by atoms with E-state index in [2.05, 4.69) is 59.0 Å². The molecule has 0 unspecified atom stereocenters. The standard InChI is InChI=1S/C15H11NS/c1-2-4-12-10-16-7-5-15-13(6-8-17-15)14(16)9-11(12)3-1/h1-9H,10H2. The van der Waals surface area contributed by atoms with Gasteiger partial charge in [-0.25, -0.2) is 0 Å². The van der Waals surface area contributed by atoms with Gasteiger partial charge < -0.3 is 4.90 Å². The zero-order valence-corrected chi connectivity index (χ0v) is 10.1. The molecule has 0 bridgehead atoms. The highest BCUT2D eigenvalue weighted by Gasteiger charge is 2.22. The fourth-order valence-electron chi connectivity index (χ4n) is 2.50. The first kappa shape index (κ1) is 9.25. The van der Waals surface area contributed by atoms with Crippen LogP contribution in [0.2, 0.25) is 0 Å². The lowest BCUT2D eigenvalue weighted by Gasteiger charge is -2.31. The molecule has 1 aromatic heterocycles. The third kappa shape index (κ3) is 1.31. The summed E-state index contributed by atoms with van der Waals surface area (Å²) in [5.74, 6) is 0.